The van der Waals surface area contributed by atoms with Crippen molar-refractivity contribution in [3.8, 4) is 11.5 Å². The summed E-state index contributed by atoms with van der Waals surface area (Å²) in [6.07, 6.45) is -3.56. The minimum atomic E-state index is -3.56. The zero-order chi connectivity index (χ0) is 10.2. The molecule has 0 unspecified atom stereocenters. The SMILES string of the molecule is NNCc1ccc2c(c1)OC(F)(F)O2. The normalized spacial score (nSPS) is 17.1. The molecule has 1 aromatic carbocycles. The Kier molecular flexibility index (Phi) is 2.01. The van der Waals surface area contributed by atoms with Crippen molar-refractivity contribution in [2.75, 3.05) is 0 Å². The van der Waals surface area contributed by atoms with E-state index < -0.39 is 6.29 Å². The van der Waals surface area contributed by atoms with Gasteiger partial charge in [0.25, 0.3) is 0 Å². The Hall–Kier alpha value is -1.40. The van der Waals surface area contributed by atoms with E-state index in [1.54, 1.807) is 6.07 Å². The second-order valence-electron chi connectivity index (χ2n) is 2.83. The van der Waals surface area contributed by atoms with Crippen LogP contribution >= 0.6 is 0 Å². The molecule has 1 aromatic rings. The predicted molar refractivity (Wildman–Crippen MR) is 43.7 cm³/mol. The van der Waals surface area contributed by atoms with Crippen molar-refractivity contribution in [2.45, 2.75) is 12.8 Å². The topological polar surface area (TPSA) is 56.5 Å². The van der Waals surface area contributed by atoms with Crippen LogP contribution in [0.4, 0.5) is 8.78 Å². The lowest BCUT2D eigenvalue weighted by Crippen LogP contribution is -2.26. The maximum atomic E-state index is 12.6. The van der Waals surface area contributed by atoms with Crippen molar-refractivity contribution in [1.82, 2.24) is 5.43 Å². The van der Waals surface area contributed by atoms with Crippen molar-refractivity contribution in [3.05, 3.63) is 23.8 Å². The minimum Gasteiger partial charge on any atom is -0.395 e. The Bertz CT molecular complexity index is 357. The molecule has 6 heteroatoms. The summed E-state index contributed by atoms with van der Waals surface area (Å²) in [6.45, 7) is 0.377. The lowest BCUT2D eigenvalue weighted by molar-refractivity contribution is -0.286. The minimum absolute atomic E-state index is 0.0303. The largest absolute Gasteiger partial charge is 0.586 e. The summed E-state index contributed by atoms with van der Waals surface area (Å²) in [4.78, 5) is 0. The highest BCUT2D eigenvalue weighted by molar-refractivity contribution is 5.45. The maximum Gasteiger partial charge on any atom is 0.586 e. The van der Waals surface area contributed by atoms with Gasteiger partial charge in [-0.2, -0.15) is 0 Å². The molecule has 3 N–H and O–H groups in total. The van der Waals surface area contributed by atoms with Crippen LogP contribution in [0.1, 0.15) is 5.56 Å². The van der Waals surface area contributed by atoms with E-state index in [0.29, 0.717) is 6.54 Å². The van der Waals surface area contributed by atoms with Gasteiger partial charge in [-0.15, -0.1) is 8.78 Å². The first-order valence-electron chi connectivity index (χ1n) is 3.93. The molecule has 2 rings (SSSR count). The van der Waals surface area contributed by atoms with Gasteiger partial charge in [0, 0.05) is 6.54 Å². The molecule has 0 aliphatic carbocycles. The van der Waals surface area contributed by atoms with Crippen LogP contribution < -0.4 is 20.7 Å². The predicted octanol–water partition coefficient (Wildman–Crippen LogP) is 0.971. The van der Waals surface area contributed by atoms with Crippen LogP contribution in [-0.4, -0.2) is 6.29 Å². The highest BCUT2D eigenvalue weighted by Crippen LogP contribution is 2.41. The highest BCUT2D eigenvalue weighted by atomic mass is 19.3. The number of nitrogens with two attached hydrogens (primary N) is 1. The van der Waals surface area contributed by atoms with Crippen LogP contribution in [-0.2, 0) is 6.54 Å². The van der Waals surface area contributed by atoms with Crippen molar-refractivity contribution in [3.63, 3.8) is 0 Å². The molecule has 4 nitrogen and oxygen atoms in total. The fourth-order valence-corrected chi connectivity index (χ4v) is 1.22. The molecule has 1 aliphatic heterocycles. The third-order valence-corrected chi connectivity index (χ3v) is 1.77. The molecule has 0 aromatic heterocycles. The highest BCUT2D eigenvalue weighted by Gasteiger charge is 2.43. The van der Waals surface area contributed by atoms with Crippen LogP contribution in [0.15, 0.2) is 18.2 Å². The summed E-state index contributed by atoms with van der Waals surface area (Å²) >= 11 is 0. The molecule has 0 bridgehead atoms. The van der Waals surface area contributed by atoms with Gasteiger partial charge in [-0.1, -0.05) is 6.07 Å². The lowest BCUT2D eigenvalue weighted by Gasteiger charge is -2.04. The second-order valence-corrected chi connectivity index (χ2v) is 2.83. The number of hydrogen-bond donors (Lipinski definition) is 2. The van der Waals surface area contributed by atoms with E-state index in [1.807, 2.05) is 0 Å². The molecule has 0 fully saturated rings. The fourth-order valence-electron chi connectivity index (χ4n) is 1.22. The molecule has 14 heavy (non-hydrogen) atoms. The zero-order valence-corrected chi connectivity index (χ0v) is 7.09. The van der Waals surface area contributed by atoms with E-state index in [-0.39, 0.29) is 11.5 Å². The smallest absolute Gasteiger partial charge is 0.395 e. The fraction of sp³-hybridized carbons (Fsp3) is 0.250. The number of fused-ring (bicyclic) bond motifs is 1. The summed E-state index contributed by atoms with van der Waals surface area (Å²) in [5, 5.41) is 0. The van der Waals surface area contributed by atoms with Crippen molar-refractivity contribution >= 4 is 0 Å². The van der Waals surface area contributed by atoms with Gasteiger partial charge in [-0.25, -0.2) is 0 Å². The van der Waals surface area contributed by atoms with E-state index in [0.717, 1.165) is 5.56 Å². The molecular weight excluding hydrogens is 194 g/mol. The lowest BCUT2D eigenvalue weighted by atomic mass is 10.2. The van der Waals surface area contributed by atoms with Gasteiger partial charge in [0.2, 0.25) is 0 Å². The molecule has 0 atom stereocenters. The number of halogens is 2. The summed E-state index contributed by atoms with van der Waals surface area (Å²) in [5.41, 5.74) is 3.16. The van der Waals surface area contributed by atoms with E-state index >= 15 is 0 Å². The van der Waals surface area contributed by atoms with Crippen molar-refractivity contribution < 1.29 is 18.3 Å². The third kappa shape index (κ3) is 1.61. The first kappa shape index (κ1) is 9.17. The summed E-state index contributed by atoms with van der Waals surface area (Å²) in [6, 6.07) is 4.50. The number of hydrogen-bond acceptors (Lipinski definition) is 4. The van der Waals surface area contributed by atoms with Crippen LogP contribution in [0, 0.1) is 0 Å². The quantitative estimate of drug-likeness (QED) is 0.554. The first-order chi connectivity index (χ1) is 6.61. The Morgan fingerprint density at radius 3 is 2.71 bits per heavy atom. The number of alkyl halides is 2. The molecule has 0 saturated carbocycles. The Labute approximate surface area is 78.6 Å². The van der Waals surface area contributed by atoms with Crippen LogP contribution in [0.5, 0.6) is 11.5 Å². The van der Waals surface area contributed by atoms with Gasteiger partial charge in [0.05, 0.1) is 0 Å². The summed E-state index contributed by atoms with van der Waals surface area (Å²) in [5.74, 6) is 5.16. The Morgan fingerprint density at radius 1 is 1.29 bits per heavy atom. The number of ether oxygens (including phenoxy) is 2. The van der Waals surface area contributed by atoms with Crippen LogP contribution in [0.2, 0.25) is 0 Å². The van der Waals surface area contributed by atoms with Gasteiger partial charge in [0.1, 0.15) is 0 Å². The monoisotopic (exact) mass is 202 g/mol. The van der Waals surface area contributed by atoms with Gasteiger partial charge in [-0.3, -0.25) is 11.3 Å². The van der Waals surface area contributed by atoms with Crippen LogP contribution in [0.3, 0.4) is 0 Å². The molecule has 0 radical (unpaired) electrons. The van der Waals surface area contributed by atoms with E-state index in [1.165, 1.54) is 12.1 Å². The molecule has 0 amide bonds. The second kappa shape index (κ2) is 3.07. The average molecular weight is 202 g/mol. The number of nitrogens with one attached hydrogen (secondary N) is 1. The van der Waals surface area contributed by atoms with Gasteiger partial charge >= 0.3 is 6.29 Å². The molecule has 0 saturated heterocycles. The van der Waals surface area contributed by atoms with E-state index in [2.05, 4.69) is 14.9 Å². The van der Waals surface area contributed by atoms with E-state index in [9.17, 15) is 8.78 Å². The number of hydrazine groups is 1. The molecule has 1 aliphatic rings. The average Bonchev–Trinajstić information content (AvgIpc) is 2.38. The maximum absolute atomic E-state index is 12.6. The van der Waals surface area contributed by atoms with Crippen molar-refractivity contribution in [1.29, 1.82) is 0 Å². The standard InChI is InChI=1S/C8H8F2N2O2/c9-8(10)13-6-2-1-5(4-12-11)3-7(6)14-8/h1-3,12H,4,11H2. The molecule has 76 valence electrons. The summed E-state index contributed by atoms with van der Waals surface area (Å²) < 4.78 is 33.6. The summed E-state index contributed by atoms with van der Waals surface area (Å²) in [7, 11) is 0. The van der Waals surface area contributed by atoms with E-state index in [4.69, 9.17) is 5.84 Å². The van der Waals surface area contributed by atoms with Crippen LogP contribution in [0.25, 0.3) is 0 Å². The third-order valence-electron chi connectivity index (χ3n) is 1.77. The zero-order valence-electron chi connectivity index (χ0n) is 7.09. The molecular formula is C8H8F2N2O2. The molecule has 1 heterocycles. The molecule has 0 spiro atoms. The van der Waals surface area contributed by atoms with Crippen molar-refractivity contribution in [2.24, 2.45) is 5.84 Å². The Balaban J connectivity index is 2.26. The Morgan fingerprint density at radius 2 is 2.00 bits per heavy atom. The number of benzene rings is 1. The van der Waals surface area contributed by atoms with Gasteiger partial charge < -0.3 is 9.47 Å². The van der Waals surface area contributed by atoms with Gasteiger partial charge in [-0.05, 0) is 17.7 Å². The number of rotatable bonds is 2. The van der Waals surface area contributed by atoms with Gasteiger partial charge in [0.15, 0.2) is 11.5 Å². The first-order valence-corrected chi connectivity index (χ1v) is 3.93.